The van der Waals surface area contributed by atoms with Crippen molar-refractivity contribution in [1.29, 1.82) is 0 Å². The Labute approximate surface area is 129 Å². The molecule has 0 aliphatic carbocycles. The fraction of sp³-hybridized carbons (Fsp3) is 0.235. The molecule has 0 fully saturated rings. The molecule has 112 valence electrons. The molecule has 0 bridgehead atoms. The molecular weight excluding hydrogens is 294 g/mol. The van der Waals surface area contributed by atoms with E-state index in [1.54, 1.807) is 6.26 Å². The number of nitrogens with zero attached hydrogens (tertiary/aromatic N) is 2. The van der Waals surface area contributed by atoms with Crippen LogP contribution in [0.15, 0.2) is 45.9 Å². The summed E-state index contributed by atoms with van der Waals surface area (Å²) < 4.78 is 16.8. The van der Waals surface area contributed by atoms with Gasteiger partial charge in [0.15, 0.2) is 0 Å². The number of nitrogens with one attached hydrogen (secondary N) is 1. The van der Waals surface area contributed by atoms with Crippen LogP contribution in [-0.2, 0) is 22.7 Å². The summed E-state index contributed by atoms with van der Waals surface area (Å²) in [5.41, 5.74) is 5.40. The number of aromatic amines is 1. The van der Waals surface area contributed by atoms with Gasteiger partial charge in [0.1, 0.15) is 5.65 Å². The molecule has 4 nitrogen and oxygen atoms in total. The van der Waals surface area contributed by atoms with E-state index in [0.29, 0.717) is 6.54 Å². The number of pyridine rings is 1. The highest BCUT2D eigenvalue weighted by Crippen LogP contribution is 2.35. The molecule has 1 aliphatic heterocycles. The first-order chi connectivity index (χ1) is 10.6. The normalized spacial score (nSPS) is 20.1. The van der Waals surface area contributed by atoms with Crippen LogP contribution in [0.25, 0.3) is 22.2 Å². The van der Waals surface area contributed by atoms with Gasteiger partial charge in [-0.05, 0) is 35.2 Å². The number of H-pyrrole nitrogens is 1. The van der Waals surface area contributed by atoms with Gasteiger partial charge in [-0.15, -0.1) is 0 Å². The molecule has 0 saturated carbocycles. The van der Waals surface area contributed by atoms with Crippen LogP contribution in [0.5, 0.6) is 0 Å². The summed E-state index contributed by atoms with van der Waals surface area (Å²) in [4.78, 5) is 8.61. The van der Waals surface area contributed by atoms with E-state index in [2.05, 4.69) is 33.4 Å². The minimum absolute atomic E-state index is 0.520. The second-order valence-electron chi connectivity index (χ2n) is 5.66. The lowest BCUT2D eigenvalue weighted by molar-refractivity contribution is 0.681. The molecule has 4 rings (SSSR count). The lowest BCUT2D eigenvalue weighted by Crippen LogP contribution is -1.96. The minimum Gasteiger partial charge on any atom is -0.346 e. The molecule has 1 atom stereocenters. The smallest absolute Gasteiger partial charge is 0.137 e. The van der Waals surface area contributed by atoms with E-state index in [4.69, 9.17) is 0 Å². The summed E-state index contributed by atoms with van der Waals surface area (Å²) in [6.07, 6.45) is 6.58. The summed E-state index contributed by atoms with van der Waals surface area (Å²) in [5, 5.41) is 1.16. The topological polar surface area (TPSA) is 58.1 Å². The molecule has 1 aliphatic rings. The highest BCUT2D eigenvalue weighted by Gasteiger charge is 2.21. The Kier molecular flexibility index (Phi) is 2.87. The number of aromatic nitrogens is 2. The van der Waals surface area contributed by atoms with Crippen LogP contribution in [-0.4, -0.2) is 20.4 Å². The fourth-order valence-electron chi connectivity index (χ4n) is 3.11. The highest BCUT2D eigenvalue weighted by molar-refractivity contribution is 7.93. The molecule has 5 heteroatoms. The Bertz CT molecular complexity index is 1010. The first-order valence-corrected chi connectivity index (χ1v) is 9.28. The van der Waals surface area contributed by atoms with E-state index in [0.717, 1.165) is 39.0 Å². The number of hydrogen-bond acceptors (Lipinski definition) is 3. The molecule has 0 amide bonds. The van der Waals surface area contributed by atoms with Gasteiger partial charge in [-0.3, -0.25) is 0 Å². The second kappa shape index (κ2) is 4.68. The molecule has 1 N–H and O–H groups in total. The zero-order chi connectivity index (χ0) is 15.3. The molecule has 0 saturated heterocycles. The van der Waals surface area contributed by atoms with Crippen LogP contribution in [0, 0.1) is 0 Å². The molecule has 2 aromatic heterocycles. The van der Waals surface area contributed by atoms with Crippen molar-refractivity contribution in [2.75, 3.05) is 6.26 Å². The molecule has 1 aromatic carbocycles. The quantitative estimate of drug-likeness (QED) is 0.783. The van der Waals surface area contributed by atoms with Gasteiger partial charge in [-0.2, -0.15) is 0 Å². The summed E-state index contributed by atoms with van der Waals surface area (Å²) in [7, 11) is -2.23. The first kappa shape index (κ1) is 13.5. The summed E-state index contributed by atoms with van der Waals surface area (Å²) >= 11 is 0. The average Bonchev–Trinajstić information content (AvgIpc) is 3.07. The van der Waals surface area contributed by atoms with Gasteiger partial charge in [0, 0.05) is 29.6 Å². The molecule has 0 spiro atoms. The molecule has 3 aromatic rings. The van der Waals surface area contributed by atoms with Crippen molar-refractivity contribution in [2.45, 2.75) is 24.8 Å². The zero-order valence-corrected chi connectivity index (χ0v) is 13.4. The second-order valence-corrected chi connectivity index (χ2v) is 7.96. The van der Waals surface area contributed by atoms with Gasteiger partial charge in [0.25, 0.3) is 0 Å². The van der Waals surface area contributed by atoms with E-state index < -0.39 is 9.73 Å². The largest absolute Gasteiger partial charge is 0.346 e. The van der Waals surface area contributed by atoms with Gasteiger partial charge in [0.2, 0.25) is 0 Å². The van der Waals surface area contributed by atoms with Crippen molar-refractivity contribution in [1.82, 2.24) is 9.97 Å². The van der Waals surface area contributed by atoms with Gasteiger partial charge in [-0.25, -0.2) is 13.6 Å². The maximum Gasteiger partial charge on any atom is 0.137 e. The van der Waals surface area contributed by atoms with Crippen molar-refractivity contribution in [3.05, 3.63) is 47.8 Å². The monoisotopic (exact) mass is 311 g/mol. The molecule has 22 heavy (non-hydrogen) atoms. The summed E-state index contributed by atoms with van der Waals surface area (Å²) in [6.45, 7) is 2.66. The highest BCUT2D eigenvalue weighted by atomic mass is 32.2. The van der Waals surface area contributed by atoms with Gasteiger partial charge in [-0.1, -0.05) is 19.1 Å². The molecular formula is C17H17N3OS. The Hall–Kier alpha value is -2.14. The third kappa shape index (κ3) is 1.89. The van der Waals surface area contributed by atoms with Gasteiger partial charge in [0.05, 0.1) is 21.2 Å². The fourth-order valence-corrected chi connectivity index (χ4v) is 4.59. The lowest BCUT2D eigenvalue weighted by atomic mass is 9.99. The van der Waals surface area contributed by atoms with E-state index >= 15 is 0 Å². The summed E-state index contributed by atoms with van der Waals surface area (Å²) in [5.74, 6) is 0. The average molecular weight is 311 g/mol. The van der Waals surface area contributed by atoms with Crippen LogP contribution in [0.4, 0.5) is 0 Å². The number of fused-ring (bicyclic) bond motifs is 2. The van der Waals surface area contributed by atoms with E-state index in [9.17, 15) is 4.21 Å². The lowest BCUT2D eigenvalue weighted by Gasteiger charge is -2.09. The SMILES string of the molecule is CCc1c[nH]c2ncc(-c3cccc4c3CN=S4(C)=O)cc12. The van der Waals surface area contributed by atoms with Crippen molar-refractivity contribution in [2.24, 2.45) is 4.36 Å². The Morgan fingerprint density at radius 3 is 3.05 bits per heavy atom. The maximum absolute atomic E-state index is 12.5. The maximum atomic E-state index is 12.5. The predicted octanol–water partition coefficient (Wildman–Crippen LogP) is 3.76. The minimum atomic E-state index is -2.23. The molecule has 0 radical (unpaired) electrons. The predicted molar refractivity (Wildman–Crippen MR) is 89.4 cm³/mol. The molecule has 3 heterocycles. The summed E-state index contributed by atoms with van der Waals surface area (Å²) in [6, 6.07) is 8.12. The van der Waals surface area contributed by atoms with Crippen molar-refractivity contribution < 1.29 is 4.21 Å². The third-order valence-electron chi connectivity index (χ3n) is 4.32. The van der Waals surface area contributed by atoms with Crippen LogP contribution >= 0.6 is 0 Å². The van der Waals surface area contributed by atoms with Crippen molar-refractivity contribution >= 4 is 20.8 Å². The number of benzene rings is 1. The zero-order valence-electron chi connectivity index (χ0n) is 12.6. The van der Waals surface area contributed by atoms with Gasteiger partial charge >= 0.3 is 0 Å². The Morgan fingerprint density at radius 1 is 1.36 bits per heavy atom. The van der Waals surface area contributed by atoms with E-state index in [-0.39, 0.29) is 0 Å². The van der Waals surface area contributed by atoms with Crippen LogP contribution in [0.2, 0.25) is 0 Å². The standard InChI is InChI=1S/C17H17N3OS/c1-3-11-8-18-17-14(11)7-12(9-19-17)13-5-4-6-16-15(13)10-20-22(16,2)21/h4-9H,3,10H2,1-2H3,(H,18,19). The first-order valence-electron chi connectivity index (χ1n) is 7.36. The van der Waals surface area contributed by atoms with Crippen LogP contribution in [0.1, 0.15) is 18.1 Å². The number of aryl methyl sites for hydroxylation is 1. The van der Waals surface area contributed by atoms with Crippen LogP contribution in [0.3, 0.4) is 0 Å². The Morgan fingerprint density at radius 2 is 2.23 bits per heavy atom. The van der Waals surface area contributed by atoms with Crippen LogP contribution < -0.4 is 0 Å². The van der Waals surface area contributed by atoms with E-state index in [1.807, 2.05) is 24.5 Å². The third-order valence-corrected chi connectivity index (χ3v) is 6.14. The Balaban J connectivity index is 1.94. The number of hydrogen-bond donors (Lipinski definition) is 1. The number of rotatable bonds is 2. The molecule has 1 unspecified atom stereocenters. The van der Waals surface area contributed by atoms with Crippen molar-refractivity contribution in [3.63, 3.8) is 0 Å². The van der Waals surface area contributed by atoms with Gasteiger partial charge < -0.3 is 4.98 Å². The van der Waals surface area contributed by atoms with E-state index in [1.165, 1.54) is 5.56 Å². The van der Waals surface area contributed by atoms with Crippen molar-refractivity contribution in [3.8, 4) is 11.1 Å².